The topological polar surface area (TPSA) is 210 Å². The van der Waals surface area contributed by atoms with E-state index in [0.29, 0.717) is 12.8 Å². The maximum atomic E-state index is 12.8. The molecule has 1 saturated carbocycles. The van der Waals surface area contributed by atoms with Crippen LogP contribution in [0.5, 0.6) is 0 Å². The SMILES string of the molecule is CCCCCC/C=C/C=C/CCCCCCCC(=O)OC[C@@H](COP(=O)(O)OC1C(O)C(O)C(O)[C@H](O)C1O)OC(=O)CCCCCCC/C=C/CCCCCCC. The normalized spacial score (nSPS) is 22.8. The molecule has 0 aromatic carbocycles. The highest BCUT2D eigenvalue weighted by atomic mass is 31.2. The molecule has 1 rings (SSSR count). The van der Waals surface area contributed by atoms with Gasteiger partial charge in [0.1, 0.15) is 43.2 Å². The number of hydrogen-bond donors (Lipinski definition) is 6. The molecule has 14 heteroatoms. The van der Waals surface area contributed by atoms with Crippen molar-refractivity contribution >= 4 is 19.8 Å². The number of carbonyl (C=O) groups excluding carboxylic acids is 2. The van der Waals surface area contributed by atoms with Crippen LogP contribution >= 0.6 is 7.82 Å². The van der Waals surface area contributed by atoms with Crippen molar-refractivity contribution in [1.29, 1.82) is 0 Å². The molecule has 1 aliphatic rings. The van der Waals surface area contributed by atoms with Gasteiger partial charge in [0.05, 0.1) is 6.61 Å². The molecule has 6 unspecified atom stereocenters. The Hall–Kier alpha value is -1.93. The van der Waals surface area contributed by atoms with E-state index >= 15 is 0 Å². The first-order valence-corrected chi connectivity index (χ1v) is 23.8. The Kier molecular flexibility index (Phi) is 32.4. The fourth-order valence-corrected chi connectivity index (χ4v) is 7.54. The molecule has 0 aromatic heterocycles. The number of unbranched alkanes of at least 4 members (excludes halogenated alkanes) is 19. The first kappa shape index (κ1) is 54.1. The Balaban J connectivity index is 2.50. The van der Waals surface area contributed by atoms with Crippen LogP contribution in [0.2, 0.25) is 0 Å². The molecule has 338 valence electrons. The van der Waals surface area contributed by atoms with Gasteiger partial charge in [-0.15, -0.1) is 0 Å². The Morgan fingerprint density at radius 1 is 0.534 bits per heavy atom. The maximum Gasteiger partial charge on any atom is 0.472 e. The largest absolute Gasteiger partial charge is 0.472 e. The van der Waals surface area contributed by atoms with E-state index in [1.165, 1.54) is 57.8 Å². The molecule has 1 fully saturated rings. The lowest BCUT2D eigenvalue weighted by atomic mass is 9.85. The second-order valence-electron chi connectivity index (χ2n) is 15.6. The number of hydrogen-bond acceptors (Lipinski definition) is 12. The zero-order valence-corrected chi connectivity index (χ0v) is 36.5. The monoisotopic (exact) mass is 847 g/mol. The lowest BCUT2D eigenvalue weighted by molar-refractivity contribution is -0.220. The zero-order chi connectivity index (χ0) is 42.9. The zero-order valence-electron chi connectivity index (χ0n) is 35.6. The fraction of sp³-hybridized carbons (Fsp3) is 0.818. The summed E-state index contributed by atoms with van der Waals surface area (Å²) in [5.41, 5.74) is 0. The van der Waals surface area contributed by atoms with Crippen molar-refractivity contribution in [3.63, 3.8) is 0 Å². The van der Waals surface area contributed by atoms with Gasteiger partial charge in [-0.3, -0.25) is 18.6 Å². The van der Waals surface area contributed by atoms with Crippen LogP contribution in [0.1, 0.15) is 174 Å². The third kappa shape index (κ3) is 27.0. The van der Waals surface area contributed by atoms with Crippen LogP contribution in [-0.4, -0.2) is 98.3 Å². The number of esters is 2. The third-order valence-electron chi connectivity index (χ3n) is 10.2. The van der Waals surface area contributed by atoms with Crippen molar-refractivity contribution in [3.8, 4) is 0 Å². The van der Waals surface area contributed by atoms with Crippen molar-refractivity contribution < 1.29 is 63.1 Å². The van der Waals surface area contributed by atoms with Gasteiger partial charge in [-0.1, -0.05) is 134 Å². The number of phosphoric ester groups is 1. The summed E-state index contributed by atoms with van der Waals surface area (Å²) in [6, 6.07) is 0. The fourth-order valence-electron chi connectivity index (χ4n) is 6.57. The summed E-state index contributed by atoms with van der Waals surface area (Å²) in [6.07, 6.45) is 24.8. The smallest absolute Gasteiger partial charge is 0.462 e. The number of ether oxygens (including phenoxy) is 2. The van der Waals surface area contributed by atoms with Gasteiger partial charge < -0.3 is 39.9 Å². The van der Waals surface area contributed by atoms with E-state index in [9.17, 15) is 44.6 Å². The molecule has 6 N–H and O–H groups in total. The van der Waals surface area contributed by atoms with Crippen LogP contribution in [0.25, 0.3) is 0 Å². The van der Waals surface area contributed by atoms with Gasteiger partial charge >= 0.3 is 19.8 Å². The van der Waals surface area contributed by atoms with Gasteiger partial charge in [-0.05, 0) is 64.2 Å². The number of aliphatic hydroxyl groups excluding tert-OH is 5. The molecule has 1 aliphatic carbocycles. The van der Waals surface area contributed by atoms with Gasteiger partial charge in [-0.25, -0.2) is 4.57 Å². The highest BCUT2D eigenvalue weighted by molar-refractivity contribution is 7.47. The molecule has 0 amide bonds. The Bertz CT molecular complexity index is 1160. The summed E-state index contributed by atoms with van der Waals surface area (Å²) < 4.78 is 33.4. The lowest BCUT2D eigenvalue weighted by Gasteiger charge is -2.41. The van der Waals surface area contributed by atoms with E-state index in [-0.39, 0.29) is 12.8 Å². The van der Waals surface area contributed by atoms with E-state index in [1.54, 1.807) is 0 Å². The molecule has 0 saturated heterocycles. The number of rotatable bonds is 36. The van der Waals surface area contributed by atoms with Crippen LogP contribution in [-0.2, 0) is 32.7 Å². The minimum Gasteiger partial charge on any atom is -0.462 e. The van der Waals surface area contributed by atoms with Gasteiger partial charge in [0.25, 0.3) is 0 Å². The van der Waals surface area contributed by atoms with E-state index < -0.39 is 75.7 Å². The van der Waals surface area contributed by atoms with Crippen molar-refractivity contribution in [1.82, 2.24) is 0 Å². The van der Waals surface area contributed by atoms with Crippen LogP contribution in [0.3, 0.4) is 0 Å². The summed E-state index contributed by atoms with van der Waals surface area (Å²) in [7, 11) is -5.12. The molecular weight excluding hydrogens is 767 g/mol. The van der Waals surface area contributed by atoms with Crippen LogP contribution in [0, 0.1) is 0 Å². The van der Waals surface area contributed by atoms with Crippen molar-refractivity contribution in [2.75, 3.05) is 13.2 Å². The maximum absolute atomic E-state index is 12.8. The average Bonchev–Trinajstić information content (AvgIpc) is 3.20. The summed E-state index contributed by atoms with van der Waals surface area (Å²) in [5.74, 6) is -1.13. The minimum absolute atomic E-state index is 0.0832. The number of allylic oxidation sites excluding steroid dienone is 6. The average molecular weight is 847 g/mol. The first-order chi connectivity index (χ1) is 27.9. The van der Waals surface area contributed by atoms with E-state index in [2.05, 4.69) is 50.3 Å². The second kappa shape index (κ2) is 34.7. The second-order valence-corrected chi connectivity index (χ2v) is 17.0. The van der Waals surface area contributed by atoms with E-state index in [0.717, 1.165) is 77.0 Å². The standard InChI is InChI=1S/C44H79O13P/c1-3-5-7-9-11-13-15-17-19-21-22-24-26-28-30-32-37(45)54-34-36(35-55-58(52,53)57-44-42(50)40(48)39(47)41(49)43(44)51)56-38(46)33-31-29-27-25-23-20-18-16-14-12-10-8-6-4-2/h13,15-19,36,39-44,47-51H,3-12,14,20-35H2,1-2H3,(H,52,53)/b15-13+,18-16+,19-17+/t36-,39?,40-,41?,42?,43?,44?/m0/s1. The molecule has 13 nitrogen and oxygen atoms in total. The molecule has 0 heterocycles. The summed E-state index contributed by atoms with van der Waals surface area (Å²) in [6.45, 7) is 3.24. The van der Waals surface area contributed by atoms with E-state index in [1.807, 2.05) is 0 Å². The molecule has 0 aliphatic heterocycles. The number of phosphoric acid groups is 1. The van der Waals surface area contributed by atoms with Gasteiger partial charge in [-0.2, -0.15) is 0 Å². The van der Waals surface area contributed by atoms with Gasteiger partial charge in [0.15, 0.2) is 6.10 Å². The molecular formula is C44H79O13P. The molecule has 0 aromatic rings. The van der Waals surface area contributed by atoms with Crippen LogP contribution in [0.4, 0.5) is 0 Å². The molecule has 0 radical (unpaired) electrons. The quantitative estimate of drug-likeness (QED) is 0.0116. The van der Waals surface area contributed by atoms with Crippen molar-refractivity contribution in [2.45, 2.75) is 217 Å². The molecule has 58 heavy (non-hydrogen) atoms. The van der Waals surface area contributed by atoms with Gasteiger partial charge in [0, 0.05) is 12.8 Å². The molecule has 0 spiro atoms. The summed E-state index contributed by atoms with van der Waals surface area (Å²) in [4.78, 5) is 35.6. The predicted octanol–water partition coefficient (Wildman–Crippen LogP) is 8.22. The number of carbonyl (C=O) groups is 2. The summed E-state index contributed by atoms with van der Waals surface area (Å²) >= 11 is 0. The summed E-state index contributed by atoms with van der Waals surface area (Å²) in [5, 5.41) is 50.1. The lowest BCUT2D eigenvalue weighted by Crippen LogP contribution is -2.64. The highest BCUT2D eigenvalue weighted by Gasteiger charge is 2.51. The third-order valence-corrected chi connectivity index (χ3v) is 11.2. The van der Waals surface area contributed by atoms with Gasteiger partial charge in [0.2, 0.25) is 0 Å². The predicted molar refractivity (Wildman–Crippen MR) is 226 cm³/mol. The van der Waals surface area contributed by atoms with Crippen molar-refractivity contribution in [3.05, 3.63) is 36.5 Å². The van der Waals surface area contributed by atoms with Crippen LogP contribution in [0.15, 0.2) is 36.5 Å². The Morgan fingerprint density at radius 2 is 0.931 bits per heavy atom. The number of aliphatic hydroxyl groups is 5. The minimum atomic E-state index is -5.12. The molecule has 0 bridgehead atoms. The van der Waals surface area contributed by atoms with Crippen molar-refractivity contribution in [2.24, 2.45) is 0 Å². The highest BCUT2D eigenvalue weighted by Crippen LogP contribution is 2.47. The first-order valence-electron chi connectivity index (χ1n) is 22.3. The van der Waals surface area contributed by atoms with E-state index in [4.69, 9.17) is 18.5 Å². The van der Waals surface area contributed by atoms with Crippen LogP contribution < -0.4 is 0 Å². The Labute approximate surface area is 348 Å². The molecule has 8 atom stereocenters. The Morgan fingerprint density at radius 3 is 1.43 bits per heavy atom.